The number of hydrogen-bond acceptors (Lipinski definition) is 8. The molecule has 9 nitrogen and oxygen atoms in total. The summed E-state index contributed by atoms with van der Waals surface area (Å²) in [6.45, 7) is 3.17. The van der Waals surface area contributed by atoms with Crippen LogP contribution in [-0.4, -0.2) is 48.7 Å². The van der Waals surface area contributed by atoms with E-state index in [1.165, 1.54) is 12.8 Å². The SMILES string of the molecule is Nc1ncc(-c2nc(N3CC4CC3C4)c3nc4n(c3n2)CCCOC4)cn1. The molecule has 7 rings (SSSR count). The molecule has 3 aromatic rings. The van der Waals surface area contributed by atoms with Crippen molar-refractivity contribution in [2.24, 2.45) is 5.92 Å². The third kappa shape index (κ3) is 2.31. The van der Waals surface area contributed by atoms with Crippen LogP contribution in [0, 0.1) is 5.92 Å². The molecule has 1 saturated carbocycles. The molecule has 4 aliphatic rings. The van der Waals surface area contributed by atoms with E-state index >= 15 is 0 Å². The lowest BCUT2D eigenvalue weighted by molar-refractivity contribution is 0.122. The Morgan fingerprint density at radius 3 is 2.74 bits per heavy atom. The van der Waals surface area contributed by atoms with Gasteiger partial charge in [-0.2, -0.15) is 0 Å². The number of nitrogen functional groups attached to an aromatic ring is 1. The second kappa shape index (κ2) is 5.59. The summed E-state index contributed by atoms with van der Waals surface area (Å²) >= 11 is 0. The van der Waals surface area contributed by atoms with Crippen molar-refractivity contribution in [1.29, 1.82) is 0 Å². The van der Waals surface area contributed by atoms with Crippen LogP contribution >= 0.6 is 0 Å². The number of aryl methyl sites for hydroxylation is 1. The fraction of sp³-hybridized carbons (Fsp3) is 0.500. The molecule has 1 aliphatic carbocycles. The Bertz CT molecular complexity index is 1020. The monoisotopic (exact) mass is 364 g/mol. The summed E-state index contributed by atoms with van der Waals surface area (Å²) in [4.78, 5) is 25.3. The highest BCUT2D eigenvalue weighted by Gasteiger charge is 2.44. The Morgan fingerprint density at radius 2 is 1.96 bits per heavy atom. The van der Waals surface area contributed by atoms with Gasteiger partial charge in [0.2, 0.25) is 5.95 Å². The second-order valence-electron chi connectivity index (χ2n) is 7.60. The van der Waals surface area contributed by atoms with Gasteiger partial charge >= 0.3 is 0 Å². The van der Waals surface area contributed by atoms with Crippen LogP contribution in [0.2, 0.25) is 0 Å². The van der Waals surface area contributed by atoms with Crippen molar-refractivity contribution >= 4 is 22.9 Å². The molecule has 2 bridgehead atoms. The summed E-state index contributed by atoms with van der Waals surface area (Å²) in [5.41, 5.74) is 8.15. The van der Waals surface area contributed by atoms with Gasteiger partial charge in [-0.1, -0.05) is 0 Å². The van der Waals surface area contributed by atoms with E-state index in [9.17, 15) is 0 Å². The number of rotatable bonds is 2. The molecule has 6 heterocycles. The number of ether oxygens (including phenoxy) is 1. The first kappa shape index (κ1) is 15.3. The highest BCUT2D eigenvalue weighted by molar-refractivity contribution is 5.86. The molecule has 0 spiro atoms. The molecule has 138 valence electrons. The Kier molecular flexibility index (Phi) is 3.16. The maximum absolute atomic E-state index is 5.69. The molecule has 3 aromatic heterocycles. The number of hydrogen-bond donors (Lipinski definition) is 1. The van der Waals surface area contributed by atoms with Gasteiger partial charge in [0.1, 0.15) is 12.4 Å². The number of aromatic nitrogens is 6. The highest BCUT2D eigenvalue weighted by Crippen LogP contribution is 2.44. The zero-order chi connectivity index (χ0) is 18.0. The van der Waals surface area contributed by atoms with Gasteiger partial charge in [0, 0.05) is 38.1 Å². The summed E-state index contributed by atoms with van der Waals surface area (Å²) in [5.74, 6) is 3.50. The first-order chi connectivity index (χ1) is 13.3. The Hall–Kier alpha value is -2.81. The summed E-state index contributed by atoms with van der Waals surface area (Å²) in [6.07, 6.45) is 6.82. The minimum Gasteiger partial charge on any atom is -0.373 e. The molecule has 9 heteroatoms. The van der Waals surface area contributed by atoms with Crippen molar-refractivity contribution < 1.29 is 4.74 Å². The fourth-order valence-corrected chi connectivity index (χ4v) is 4.44. The van der Waals surface area contributed by atoms with Crippen LogP contribution in [0.1, 0.15) is 25.1 Å². The second-order valence-corrected chi connectivity index (χ2v) is 7.60. The van der Waals surface area contributed by atoms with Crippen LogP contribution in [0.25, 0.3) is 22.6 Å². The van der Waals surface area contributed by atoms with Gasteiger partial charge in [0.25, 0.3) is 0 Å². The molecule has 0 radical (unpaired) electrons. The van der Waals surface area contributed by atoms with E-state index in [0.29, 0.717) is 18.5 Å². The average Bonchev–Trinajstić information content (AvgIpc) is 3.30. The number of imidazole rings is 1. The summed E-state index contributed by atoms with van der Waals surface area (Å²) in [6, 6.07) is 0.571. The van der Waals surface area contributed by atoms with E-state index in [4.69, 9.17) is 25.4 Å². The average molecular weight is 364 g/mol. The van der Waals surface area contributed by atoms with Gasteiger partial charge in [0.15, 0.2) is 22.8 Å². The van der Waals surface area contributed by atoms with Crippen molar-refractivity contribution in [3.63, 3.8) is 0 Å². The standard InChI is InChI=1S/C18H20N8O/c19-18-20-6-11(7-21-18)15-23-16-14(22-13-9-27-3-1-2-25(13)16)17(24-15)26-8-10-4-12(26)5-10/h6-7,10,12H,1-5,8-9H2,(H2,19,20,21). The van der Waals surface area contributed by atoms with Gasteiger partial charge in [-0.25, -0.2) is 24.9 Å². The van der Waals surface area contributed by atoms with Crippen molar-refractivity contribution in [2.45, 2.75) is 38.5 Å². The lowest BCUT2D eigenvalue weighted by Crippen LogP contribution is -2.29. The van der Waals surface area contributed by atoms with Crippen LogP contribution < -0.4 is 10.6 Å². The van der Waals surface area contributed by atoms with Crippen molar-refractivity contribution in [3.05, 3.63) is 18.2 Å². The Labute approximate surface area is 155 Å². The molecule has 0 unspecified atom stereocenters. The maximum Gasteiger partial charge on any atom is 0.219 e. The molecular formula is C18H20N8O. The minimum absolute atomic E-state index is 0.246. The van der Waals surface area contributed by atoms with Crippen LogP contribution in [-0.2, 0) is 17.9 Å². The van der Waals surface area contributed by atoms with Gasteiger partial charge in [0.05, 0.1) is 5.56 Å². The molecule has 3 aliphatic heterocycles. The minimum atomic E-state index is 0.246. The molecule has 2 saturated heterocycles. The summed E-state index contributed by atoms with van der Waals surface area (Å²) in [7, 11) is 0. The zero-order valence-corrected chi connectivity index (χ0v) is 14.9. The zero-order valence-electron chi connectivity index (χ0n) is 14.9. The summed E-state index contributed by atoms with van der Waals surface area (Å²) in [5, 5.41) is 0. The van der Waals surface area contributed by atoms with Crippen molar-refractivity contribution in [3.8, 4) is 11.4 Å². The van der Waals surface area contributed by atoms with Crippen LogP contribution in [0.3, 0.4) is 0 Å². The predicted octanol–water partition coefficient (Wildman–Crippen LogP) is 1.38. The largest absolute Gasteiger partial charge is 0.373 e. The Balaban J connectivity index is 1.57. The Morgan fingerprint density at radius 1 is 1.11 bits per heavy atom. The molecule has 0 atom stereocenters. The third-order valence-electron chi connectivity index (χ3n) is 5.87. The molecule has 27 heavy (non-hydrogen) atoms. The maximum atomic E-state index is 5.69. The van der Waals surface area contributed by atoms with E-state index in [-0.39, 0.29) is 5.95 Å². The molecule has 0 amide bonds. The smallest absolute Gasteiger partial charge is 0.219 e. The van der Waals surface area contributed by atoms with Gasteiger partial charge < -0.3 is 19.9 Å². The van der Waals surface area contributed by atoms with Gasteiger partial charge in [-0.3, -0.25) is 0 Å². The van der Waals surface area contributed by atoms with E-state index in [2.05, 4.69) is 19.4 Å². The van der Waals surface area contributed by atoms with Gasteiger partial charge in [-0.15, -0.1) is 0 Å². The third-order valence-corrected chi connectivity index (χ3v) is 5.87. The molecule has 3 fully saturated rings. The first-order valence-corrected chi connectivity index (χ1v) is 9.45. The number of anilines is 2. The molecule has 0 aromatic carbocycles. The lowest BCUT2D eigenvalue weighted by atomic mass is 9.86. The van der Waals surface area contributed by atoms with E-state index in [0.717, 1.165) is 60.4 Å². The number of fused-ring (bicyclic) bond motifs is 4. The van der Waals surface area contributed by atoms with Crippen LogP contribution in [0.5, 0.6) is 0 Å². The summed E-state index contributed by atoms with van der Waals surface area (Å²) < 4.78 is 7.87. The van der Waals surface area contributed by atoms with Gasteiger partial charge in [-0.05, 0) is 25.2 Å². The van der Waals surface area contributed by atoms with E-state index in [1.54, 1.807) is 12.4 Å². The first-order valence-electron chi connectivity index (χ1n) is 9.45. The van der Waals surface area contributed by atoms with E-state index in [1.807, 2.05) is 0 Å². The number of nitrogens with zero attached hydrogens (tertiary/aromatic N) is 7. The quantitative estimate of drug-likeness (QED) is 0.727. The molecule has 2 N–H and O–H groups in total. The number of nitrogens with two attached hydrogens (primary N) is 1. The lowest BCUT2D eigenvalue weighted by Gasteiger charge is -2.26. The van der Waals surface area contributed by atoms with Crippen LogP contribution in [0.4, 0.5) is 11.8 Å². The van der Waals surface area contributed by atoms with Crippen molar-refractivity contribution in [1.82, 2.24) is 29.5 Å². The fourth-order valence-electron chi connectivity index (χ4n) is 4.44. The normalized spacial score (nSPS) is 23.9. The highest BCUT2D eigenvalue weighted by atomic mass is 16.5. The van der Waals surface area contributed by atoms with Crippen molar-refractivity contribution in [2.75, 3.05) is 23.8 Å². The predicted molar refractivity (Wildman–Crippen MR) is 98.9 cm³/mol. The molecular weight excluding hydrogens is 344 g/mol. The van der Waals surface area contributed by atoms with Crippen LogP contribution in [0.15, 0.2) is 12.4 Å². The topological polar surface area (TPSA) is 108 Å². The van der Waals surface area contributed by atoms with E-state index < -0.39 is 0 Å².